The van der Waals surface area contributed by atoms with E-state index in [1.807, 2.05) is 4.90 Å². The fourth-order valence-corrected chi connectivity index (χ4v) is 2.72. The minimum absolute atomic E-state index is 0.0859. The van der Waals surface area contributed by atoms with E-state index in [-0.39, 0.29) is 6.03 Å². The Labute approximate surface area is 134 Å². The molecular weight excluding hydrogens is 274 g/mol. The van der Waals surface area contributed by atoms with E-state index in [4.69, 9.17) is 0 Å². The van der Waals surface area contributed by atoms with Gasteiger partial charge in [-0.05, 0) is 23.5 Å². The maximum atomic E-state index is 11.9. The number of hydrogen-bond donors (Lipinski definition) is 1. The monoisotopic (exact) mass is 303 g/mol. The van der Waals surface area contributed by atoms with Crippen LogP contribution in [0.3, 0.4) is 0 Å². The summed E-state index contributed by atoms with van der Waals surface area (Å²) in [5, 5.41) is 2.95. The number of carbonyl (C=O) groups excluding carboxylic acids is 1. The molecule has 0 atom stereocenters. The van der Waals surface area contributed by atoms with Gasteiger partial charge in [0.2, 0.25) is 0 Å². The van der Waals surface area contributed by atoms with Crippen molar-refractivity contribution in [1.82, 2.24) is 15.1 Å². The number of urea groups is 1. The summed E-state index contributed by atoms with van der Waals surface area (Å²) in [4.78, 5) is 16.3. The zero-order valence-electron chi connectivity index (χ0n) is 14.1. The van der Waals surface area contributed by atoms with Crippen LogP contribution in [0.1, 0.15) is 44.2 Å². The Kier molecular flexibility index (Phi) is 6.25. The summed E-state index contributed by atoms with van der Waals surface area (Å²) in [5.74, 6) is 0.583. The van der Waals surface area contributed by atoms with Crippen LogP contribution in [0.4, 0.5) is 4.79 Å². The summed E-state index contributed by atoms with van der Waals surface area (Å²) in [6, 6.07) is 9.01. The standard InChI is InChI=1S/C18H29N3O/c1-4-9-19-18(22)21-12-10-20(11-13-21)14-16-5-7-17(8-6-16)15(2)3/h5-8,15H,4,9-14H2,1-3H3,(H,19,22). The van der Waals surface area contributed by atoms with Gasteiger partial charge in [-0.1, -0.05) is 45.0 Å². The maximum absolute atomic E-state index is 11.9. The van der Waals surface area contributed by atoms with Crippen LogP contribution in [0.5, 0.6) is 0 Å². The highest BCUT2D eigenvalue weighted by Gasteiger charge is 2.20. The van der Waals surface area contributed by atoms with E-state index < -0.39 is 0 Å². The Morgan fingerprint density at radius 2 is 1.77 bits per heavy atom. The second-order valence-corrected chi connectivity index (χ2v) is 6.39. The molecule has 2 amide bonds. The molecule has 22 heavy (non-hydrogen) atoms. The van der Waals surface area contributed by atoms with Gasteiger partial charge in [-0.25, -0.2) is 4.79 Å². The largest absolute Gasteiger partial charge is 0.338 e. The number of nitrogens with zero attached hydrogens (tertiary/aromatic N) is 2. The molecule has 1 N–H and O–H groups in total. The molecule has 1 aliphatic rings. The number of carbonyl (C=O) groups is 1. The quantitative estimate of drug-likeness (QED) is 0.907. The molecule has 0 unspecified atom stereocenters. The van der Waals surface area contributed by atoms with Gasteiger partial charge >= 0.3 is 6.03 Å². The first-order chi connectivity index (χ1) is 10.6. The van der Waals surface area contributed by atoms with Crippen LogP contribution in [0.25, 0.3) is 0 Å². The summed E-state index contributed by atoms with van der Waals surface area (Å²) >= 11 is 0. The number of hydrogen-bond acceptors (Lipinski definition) is 2. The molecule has 0 spiro atoms. The van der Waals surface area contributed by atoms with Crippen LogP contribution in [0.2, 0.25) is 0 Å². The zero-order chi connectivity index (χ0) is 15.9. The molecule has 1 heterocycles. The minimum Gasteiger partial charge on any atom is -0.338 e. The predicted octanol–water partition coefficient (Wildman–Crippen LogP) is 3.05. The fraction of sp³-hybridized carbons (Fsp3) is 0.611. The third kappa shape index (κ3) is 4.73. The van der Waals surface area contributed by atoms with Gasteiger partial charge in [-0.15, -0.1) is 0 Å². The summed E-state index contributed by atoms with van der Waals surface area (Å²) in [5.41, 5.74) is 2.74. The van der Waals surface area contributed by atoms with Crippen molar-refractivity contribution in [1.29, 1.82) is 0 Å². The van der Waals surface area contributed by atoms with Crippen LogP contribution >= 0.6 is 0 Å². The maximum Gasteiger partial charge on any atom is 0.317 e. The van der Waals surface area contributed by atoms with Crippen molar-refractivity contribution >= 4 is 6.03 Å². The van der Waals surface area contributed by atoms with Crippen molar-refractivity contribution in [3.63, 3.8) is 0 Å². The zero-order valence-corrected chi connectivity index (χ0v) is 14.1. The number of nitrogens with one attached hydrogen (secondary N) is 1. The van der Waals surface area contributed by atoms with E-state index in [1.165, 1.54) is 11.1 Å². The first kappa shape index (κ1) is 16.8. The topological polar surface area (TPSA) is 35.6 Å². The van der Waals surface area contributed by atoms with E-state index >= 15 is 0 Å². The molecule has 1 fully saturated rings. The van der Waals surface area contributed by atoms with Gasteiger partial charge in [-0.2, -0.15) is 0 Å². The Morgan fingerprint density at radius 1 is 1.14 bits per heavy atom. The van der Waals surface area contributed by atoms with Crippen LogP contribution in [0.15, 0.2) is 24.3 Å². The number of amides is 2. The second-order valence-electron chi connectivity index (χ2n) is 6.39. The van der Waals surface area contributed by atoms with Gasteiger partial charge in [0.1, 0.15) is 0 Å². The molecule has 4 nitrogen and oxygen atoms in total. The Balaban J connectivity index is 1.78. The number of rotatable bonds is 5. The summed E-state index contributed by atoms with van der Waals surface area (Å²) in [6.45, 7) is 11.8. The third-order valence-corrected chi connectivity index (χ3v) is 4.24. The fourth-order valence-electron chi connectivity index (χ4n) is 2.72. The van der Waals surface area contributed by atoms with Gasteiger partial charge in [0, 0.05) is 39.3 Å². The summed E-state index contributed by atoms with van der Waals surface area (Å²) in [7, 11) is 0. The molecule has 0 bridgehead atoms. The molecule has 1 aromatic carbocycles. The van der Waals surface area contributed by atoms with Gasteiger partial charge in [0.05, 0.1) is 0 Å². The lowest BCUT2D eigenvalue weighted by Gasteiger charge is -2.34. The average molecular weight is 303 g/mol. The van der Waals surface area contributed by atoms with Crippen molar-refractivity contribution in [2.75, 3.05) is 32.7 Å². The predicted molar refractivity (Wildman–Crippen MR) is 91.1 cm³/mol. The van der Waals surface area contributed by atoms with E-state index in [1.54, 1.807) is 0 Å². The molecule has 4 heteroatoms. The number of piperazine rings is 1. The van der Waals surface area contributed by atoms with Crippen molar-refractivity contribution in [3.8, 4) is 0 Å². The molecule has 1 aromatic rings. The smallest absolute Gasteiger partial charge is 0.317 e. The van der Waals surface area contributed by atoms with E-state index in [9.17, 15) is 4.79 Å². The lowest BCUT2D eigenvalue weighted by molar-refractivity contribution is 0.135. The van der Waals surface area contributed by atoms with Crippen molar-refractivity contribution < 1.29 is 4.79 Å². The Morgan fingerprint density at radius 3 is 2.32 bits per heavy atom. The van der Waals surface area contributed by atoms with Crippen molar-refractivity contribution in [2.24, 2.45) is 0 Å². The molecule has 122 valence electrons. The highest BCUT2D eigenvalue weighted by Crippen LogP contribution is 2.16. The van der Waals surface area contributed by atoms with Crippen LogP contribution < -0.4 is 5.32 Å². The highest BCUT2D eigenvalue weighted by atomic mass is 16.2. The van der Waals surface area contributed by atoms with Gasteiger partial charge in [0.15, 0.2) is 0 Å². The van der Waals surface area contributed by atoms with E-state index in [0.717, 1.165) is 45.7 Å². The molecule has 1 saturated heterocycles. The van der Waals surface area contributed by atoms with Crippen molar-refractivity contribution in [2.45, 2.75) is 39.7 Å². The lowest BCUT2D eigenvalue weighted by atomic mass is 10.0. The van der Waals surface area contributed by atoms with Crippen LogP contribution in [0, 0.1) is 0 Å². The molecular formula is C18H29N3O. The molecule has 0 saturated carbocycles. The second kappa shape index (κ2) is 8.18. The molecule has 1 aliphatic heterocycles. The molecule has 2 rings (SSSR count). The van der Waals surface area contributed by atoms with Gasteiger partial charge in [-0.3, -0.25) is 4.90 Å². The average Bonchev–Trinajstić information content (AvgIpc) is 2.54. The SMILES string of the molecule is CCCNC(=O)N1CCN(Cc2ccc(C(C)C)cc2)CC1. The van der Waals surface area contributed by atoms with Crippen molar-refractivity contribution in [3.05, 3.63) is 35.4 Å². The van der Waals surface area contributed by atoms with Crippen LogP contribution in [-0.2, 0) is 6.54 Å². The van der Waals surface area contributed by atoms with Crippen LogP contribution in [-0.4, -0.2) is 48.6 Å². The first-order valence-electron chi connectivity index (χ1n) is 8.44. The summed E-state index contributed by atoms with van der Waals surface area (Å²) in [6.07, 6.45) is 0.984. The lowest BCUT2D eigenvalue weighted by Crippen LogP contribution is -2.51. The Hall–Kier alpha value is -1.55. The normalized spacial score (nSPS) is 16.1. The van der Waals surface area contributed by atoms with Gasteiger partial charge < -0.3 is 10.2 Å². The van der Waals surface area contributed by atoms with Gasteiger partial charge in [0.25, 0.3) is 0 Å². The van der Waals surface area contributed by atoms with E-state index in [0.29, 0.717) is 5.92 Å². The first-order valence-corrected chi connectivity index (χ1v) is 8.44. The van der Waals surface area contributed by atoms with E-state index in [2.05, 4.69) is 55.3 Å². The summed E-state index contributed by atoms with van der Waals surface area (Å²) < 4.78 is 0. The number of benzene rings is 1. The molecule has 0 aliphatic carbocycles. The highest BCUT2D eigenvalue weighted by molar-refractivity contribution is 5.74. The Bertz CT molecular complexity index is 462. The minimum atomic E-state index is 0.0859. The molecule has 0 radical (unpaired) electrons. The third-order valence-electron chi connectivity index (χ3n) is 4.24. The molecule has 0 aromatic heterocycles.